The fraction of sp³-hybridized carbons (Fsp3) is 0. The molecule has 0 radical (unpaired) electrons. The van der Waals surface area contributed by atoms with Crippen LogP contribution in [-0.4, -0.2) is 0 Å². The van der Waals surface area contributed by atoms with Gasteiger partial charge in [0.2, 0.25) is 0 Å². The van der Waals surface area contributed by atoms with Gasteiger partial charge >= 0.3 is 0 Å². The van der Waals surface area contributed by atoms with E-state index in [1.54, 1.807) is 5.40 Å². The predicted molar refractivity (Wildman–Crippen MR) is 19.1 cm³/mol. The van der Waals surface area contributed by atoms with Gasteiger partial charge in [-0.15, -0.1) is 0 Å². The monoisotopic (exact) mass is 145 g/mol. The summed E-state index contributed by atoms with van der Waals surface area (Å²) in [5, 5.41) is 9.07. The first-order valence-electron chi connectivity index (χ1n) is 0.582. The Kier molecular flexibility index (Phi) is 16.2. The normalized spacial score (nSPS) is 4.00. The van der Waals surface area contributed by atoms with Crippen molar-refractivity contribution in [2.75, 3.05) is 0 Å². The van der Waals surface area contributed by atoms with Crippen molar-refractivity contribution in [1.82, 2.24) is 0 Å². The summed E-state index contributed by atoms with van der Waals surface area (Å²) in [5.74, 6) is 0. The molecule has 0 aliphatic carbocycles. The molecule has 0 heterocycles. The fourth-order valence-electron chi connectivity index (χ4n) is 0. The summed E-state index contributed by atoms with van der Waals surface area (Å²) in [7, 11) is 5.38. The van der Waals surface area contributed by atoms with E-state index in [0.29, 0.717) is 11.0 Å². The van der Waals surface area contributed by atoms with Gasteiger partial charge in [-0.1, -0.05) is 0 Å². The molecule has 1 nitrogen and oxygen atoms in total. The molecular formula is CClCrNS. The van der Waals surface area contributed by atoms with Gasteiger partial charge in [0.15, 0.2) is 0 Å². The first-order chi connectivity index (χ1) is 1.91. The van der Waals surface area contributed by atoms with Gasteiger partial charge < -0.3 is 0 Å². The van der Waals surface area contributed by atoms with Crippen molar-refractivity contribution >= 4 is 21.7 Å². The molecule has 5 heavy (non-hydrogen) atoms. The molecule has 0 spiro atoms. The van der Waals surface area contributed by atoms with Crippen molar-refractivity contribution < 1.29 is 17.4 Å². The van der Waals surface area contributed by atoms with E-state index in [4.69, 9.17) is 15.9 Å². The minimum atomic E-state index is 0. The molecule has 0 saturated heterocycles. The number of hydrogen-bond acceptors (Lipinski definition) is 2. The van der Waals surface area contributed by atoms with Crippen LogP contribution in [0.4, 0.5) is 0 Å². The van der Waals surface area contributed by atoms with Crippen molar-refractivity contribution in [3.63, 3.8) is 0 Å². The molecule has 0 aliphatic heterocycles. The number of hydrogen-bond donors (Lipinski definition) is 0. The smallest absolute Gasteiger partial charge is 0.150 e. The first kappa shape index (κ1) is 9.18. The number of halogens is 1. The summed E-state index contributed by atoms with van der Waals surface area (Å²) >= 11 is 0. The third-order valence-electron chi connectivity index (χ3n) is 0.0345. The molecular weight excluding hydrogens is 146 g/mol. The van der Waals surface area contributed by atoms with E-state index in [1.165, 1.54) is 0 Å². The van der Waals surface area contributed by atoms with E-state index in [0.717, 1.165) is 0 Å². The van der Waals surface area contributed by atoms with Gasteiger partial charge in [0, 0.05) is 17.4 Å². The predicted octanol–water partition coefficient (Wildman–Crippen LogP) is 1.35. The molecule has 0 atom stereocenters. The third kappa shape index (κ3) is 12.0. The standard InChI is InChI=1S/CClNS.Cr/c2-4-1-3;. The SMILES string of the molecule is N#CSCl.[Cr]. The molecule has 4 heteroatoms. The van der Waals surface area contributed by atoms with Crippen molar-refractivity contribution in [3.05, 3.63) is 0 Å². The van der Waals surface area contributed by atoms with Crippen molar-refractivity contribution in [1.29, 1.82) is 5.26 Å². The van der Waals surface area contributed by atoms with Crippen LogP contribution in [0.3, 0.4) is 0 Å². The molecule has 0 saturated carbocycles. The average molecular weight is 146 g/mol. The van der Waals surface area contributed by atoms with E-state index >= 15 is 0 Å². The molecule has 0 bridgehead atoms. The zero-order valence-electron chi connectivity index (χ0n) is 2.14. The van der Waals surface area contributed by atoms with Crippen LogP contribution in [0, 0.1) is 10.7 Å². The van der Waals surface area contributed by atoms with Crippen molar-refractivity contribution in [3.8, 4) is 5.40 Å². The van der Waals surface area contributed by atoms with Gasteiger partial charge in [-0.2, -0.15) is 5.26 Å². The summed E-state index contributed by atoms with van der Waals surface area (Å²) in [6.45, 7) is 0. The summed E-state index contributed by atoms with van der Waals surface area (Å²) in [6.07, 6.45) is 0. The molecule has 0 amide bonds. The van der Waals surface area contributed by atoms with Gasteiger partial charge in [0.05, 0.1) is 11.0 Å². The van der Waals surface area contributed by atoms with Crippen LogP contribution in [0.5, 0.6) is 0 Å². The van der Waals surface area contributed by atoms with E-state index < -0.39 is 0 Å². The Balaban J connectivity index is 0. The Hall–Kier alpha value is 0.662. The number of nitrogens with zero attached hydrogens (tertiary/aromatic N) is 1. The molecule has 0 fully saturated rings. The van der Waals surface area contributed by atoms with Crippen LogP contribution in [0.1, 0.15) is 0 Å². The van der Waals surface area contributed by atoms with Gasteiger partial charge in [-0.3, -0.25) is 0 Å². The van der Waals surface area contributed by atoms with Gasteiger partial charge in [-0.25, -0.2) is 0 Å². The quantitative estimate of drug-likeness (QED) is 0.481. The molecule has 0 aliphatic rings. The van der Waals surface area contributed by atoms with Crippen LogP contribution >= 0.6 is 21.7 Å². The van der Waals surface area contributed by atoms with Gasteiger partial charge in [0.1, 0.15) is 5.40 Å². The van der Waals surface area contributed by atoms with Crippen LogP contribution in [0.2, 0.25) is 0 Å². The largest absolute Gasteiger partial charge is 0.184 e. The third-order valence-corrected chi connectivity index (χ3v) is 0.311. The van der Waals surface area contributed by atoms with E-state index in [-0.39, 0.29) is 17.4 Å². The summed E-state index contributed by atoms with van der Waals surface area (Å²) < 4.78 is 0. The Morgan fingerprint density at radius 3 is 2.00 bits per heavy atom. The summed E-state index contributed by atoms with van der Waals surface area (Å²) in [4.78, 5) is 0. The van der Waals surface area contributed by atoms with E-state index in [9.17, 15) is 0 Å². The summed E-state index contributed by atoms with van der Waals surface area (Å²) in [5.41, 5.74) is 0. The molecule has 0 aromatic carbocycles. The van der Waals surface area contributed by atoms with Crippen molar-refractivity contribution in [2.45, 2.75) is 0 Å². The molecule has 28 valence electrons. The molecule has 0 aromatic heterocycles. The van der Waals surface area contributed by atoms with Gasteiger partial charge in [0.25, 0.3) is 0 Å². The Morgan fingerprint density at radius 1 is 1.80 bits per heavy atom. The zero-order chi connectivity index (χ0) is 3.41. The van der Waals surface area contributed by atoms with Crippen LogP contribution in [0.15, 0.2) is 0 Å². The molecule has 0 N–H and O–H groups in total. The van der Waals surface area contributed by atoms with Crippen LogP contribution < -0.4 is 0 Å². The van der Waals surface area contributed by atoms with E-state index in [1.807, 2.05) is 0 Å². The fourth-order valence-corrected chi connectivity index (χ4v) is 0. The number of rotatable bonds is 0. The maximum atomic E-state index is 7.46. The van der Waals surface area contributed by atoms with E-state index in [2.05, 4.69) is 0 Å². The number of nitriles is 1. The Bertz CT molecular complexity index is 41.4. The Labute approximate surface area is 49.9 Å². The number of thiocyanates is 1. The maximum Gasteiger partial charge on any atom is 0.150 e. The second-order valence-electron chi connectivity index (χ2n) is 0.168. The average Bonchev–Trinajstić information content (AvgIpc) is 1.37. The van der Waals surface area contributed by atoms with Crippen LogP contribution in [-0.2, 0) is 17.4 Å². The molecule has 0 unspecified atom stereocenters. The zero-order valence-corrected chi connectivity index (χ0v) is 4.99. The van der Waals surface area contributed by atoms with Crippen molar-refractivity contribution in [2.24, 2.45) is 0 Å². The second kappa shape index (κ2) is 8.82. The molecule has 0 aromatic rings. The summed E-state index contributed by atoms with van der Waals surface area (Å²) in [6, 6.07) is 0. The maximum absolute atomic E-state index is 7.46. The molecule has 0 rings (SSSR count). The first-order valence-corrected chi connectivity index (χ1v) is 2.22. The second-order valence-corrected chi connectivity index (χ2v) is 0.968. The topological polar surface area (TPSA) is 23.8 Å². The van der Waals surface area contributed by atoms with Gasteiger partial charge in [-0.05, 0) is 10.7 Å². The minimum absolute atomic E-state index is 0. The Morgan fingerprint density at radius 2 is 2.00 bits per heavy atom. The van der Waals surface area contributed by atoms with Crippen LogP contribution in [0.25, 0.3) is 0 Å². The minimum Gasteiger partial charge on any atom is -0.184 e.